The number of para-hydroxylation sites is 1. The second-order valence-corrected chi connectivity index (χ2v) is 11.6. The predicted octanol–water partition coefficient (Wildman–Crippen LogP) is 8.15. The van der Waals surface area contributed by atoms with Crippen molar-refractivity contribution in [3.8, 4) is 11.4 Å². The number of hydrogen-bond acceptors (Lipinski definition) is 5. The van der Waals surface area contributed by atoms with E-state index >= 15 is 0 Å². The van der Waals surface area contributed by atoms with Crippen LogP contribution in [-0.4, -0.2) is 26.4 Å². The second-order valence-electron chi connectivity index (χ2n) is 9.72. The summed E-state index contributed by atoms with van der Waals surface area (Å²) in [5.74, 6) is 2.28. The Labute approximate surface area is 237 Å². The molecule has 0 bridgehead atoms. The lowest BCUT2D eigenvalue weighted by Crippen LogP contribution is -2.16. The molecule has 3 aromatic carbocycles. The Balaban J connectivity index is 1.53. The van der Waals surface area contributed by atoms with Gasteiger partial charge in [0.05, 0.1) is 5.75 Å². The van der Waals surface area contributed by atoms with Crippen LogP contribution in [0.15, 0.2) is 82.4 Å². The molecule has 1 atom stereocenters. The van der Waals surface area contributed by atoms with Crippen molar-refractivity contribution in [2.24, 2.45) is 0 Å². The number of aromatic nitrogens is 3. The van der Waals surface area contributed by atoms with E-state index in [9.17, 15) is 4.79 Å². The summed E-state index contributed by atoms with van der Waals surface area (Å²) in [6, 6.07) is 24.0. The van der Waals surface area contributed by atoms with Gasteiger partial charge in [-0.1, -0.05) is 85.7 Å². The maximum absolute atomic E-state index is 12.9. The van der Waals surface area contributed by atoms with Crippen LogP contribution in [0.5, 0.6) is 5.75 Å². The van der Waals surface area contributed by atoms with Crippen LogP contribution in [-0.2, 0) is 4.79 Å². The lowest BCUT2D eigenvalue weighted by molar-refractivity contribution is -0.113. The minimum Gasteiger partial charge on any atom is -0.483 e. The van der Waals surface area contributed by atoms with E-state index in [4.69, 9.17) is 4.74 Å². The van der Waals surface area contributed by atoms with Gasteiger partial charge in [0.15, 0.2) is 17.1 Å². The zero-order valence-electron chi connectivity index (χ0n) is 22.3. The first-order valence-electron chi connectivity index (χ1n) is 12.7. The van der Waals surface area contributed by atoms with Crippen LogP contribution in [0.4, 0.5) is 5.69 Å². The highest BCUT2D eigenvalue weighted by Gasteiger charge is 2.22. The Morgan fingerprint density at radius 1 is 0.947 bits per heavy atom. The summed E-state index contributed by atoms with van der Waals surface area (Å²) in [5.41, 5.74) is 4.08. The molecule has 0 saturated heterocycles. The lowest BCUT2D eigenvalue weighted by Gasteiger charge is -2.17. The first kappa shape index (κ1) is 27.9. The fourth-order valence-electron chi connectivity index (χ4n) is 4.09. The molecule has 0 radical (unpaired) electrons. The van der Waals surface area contributed by atoms with Gasteiger partial charge in [-0.15, -0.1) is 10.2 Å². The second kappa shape index (κ2) is 12.6. The topological polar surface area (TPSA) is 69.0 Å². The summed E-state index contributed by atoms with van der Waals surface area (Å²) >= 11 is 4.87. The molecular formula is C30H33BrN4O2S. The van der Waals surface area contributed by atoms with Gasteiger partial charge in [-0.2, -0.15) is 0 Å². The molecule has 4 aromatic rings. The molecule has 1 N–H and O–H groups in total. The summed E-state index contributed by atoms with van der Waals surface area (Å²) in [6.07, 6.45) is -0.354. The Bertz CT molecular complexity index is 1370. The minimum absolute atomic E-state index is 0.0991. The number of benzene rings is 3. The van der Waals surface area contributed by atoms with Crippen LogP contribution in [0.2, 0.25) is 0 Å². The smallest absolute Gasteiger partial charge is 0.234 e. The summed E-state index contributed by atoms with van der Waals surface area (Å²) < 4.78 is 9.20. The molecule has 0 aliphatic heterocycles. The zero-order valence-corrected chi connectivity index (χ0v) is 24.7. The molecule has 1 amide bonds. The number of carbonyl (C=O) groups excluding carboxylic acids is 1. The number of anilines is 1. The number of ether oxygens (including phenoxy) is 1. The number of hydrogen-bond donors (Lipinski definition) is 1. The molecule has 0 aliphatic carbocycles. The van der Waals surface area contributed by atoms with E-state index < -0.39 is 0 Å². The maximum atomic E-state index is 12.9. The fourth-order valence-corrected chi connectivity index (χ4v) is 5.23. The Morgan fingerprint density at radius 3 is 2.32 bits per heavy atom. The van der Waals surface area contributed by atoms with Crippen molar-refractivity contribution in [2.45, 2.75) is 57.7 Å². The van der Waals surface area contributed by atoms with Crippen LogP contribution in [0.25, 0.3) is 5.69 Å². The molecule has 6 nitrogen and oxygen atoms in total. The van der Waals surface area contributed by atoms with Gasteiger partial charge in [-0.25, -0.2) is 0 Å². The first-order chi connectivity index (χ1) is 18.2. The Kier molecular flexibility index (Phi) is 9.28. The molecule has 0 aliphatic rings. The number of amides is 1. The molecule has 1 heterocycles. The van der Waals surface area contributed by atoms with Crippen molar-refractivity contribution >= 4 is 39.3 Å². The van der Waals surface area contributed by atoms with E-state index in [1.54, 1.807) is 0 Å². The van der Waals surface area contributed by atoms with Gasteiger partial charge in [0, 0.05) is 15.8 Å². The summed E-state index contributed by atoms with van der Waals surface area (Å²) in [5, 5.41) is 12.6. The molecular weight excluding hydrogens is 560 g/mol. The van der Waals surface area contributed by atoms with Crippen molar-refractivity contribution in [2.75, 3.05) is 11.1 Å². The number of nitrogens with zero attached hydrogens (tertiary/aromatic N) is 3. The van der Waals surface area contributed by atoms with Crippen LogP contribution in [0, 0.1) is 0 Å². The van der Waals surface area contributed by atoms with Gasteiger partial charge in [0.1, 0.15) is 5.75 Å². The van der Waals surface area contributed by atoms with Gasteiger partial charge in [-0.05, 0) is 72.4 Å². The van der Waals surface area contributed by atoms with E-state index in [0.717, 1.165) is 27.2 Å². The first-order valence-corrected chi connectivity index (χ1v) is 14.5. The predicted molar refractivity (Wildman–Crippen MR) is 159 cm³/mol. The Hall–Kier alpha value is -3.10. The minimum atomic E-state index is -0.354. The van der Waals surface area contributed by atoms with Crippen LogP contribution in [0.3, 0.4) is 0 Å². The standard InChI is InChI=1S/C30H33BrN4O2S/c1-19(2)22-11-14-25(15-12-22)37-21(5)29-33-34-30(35(29)24-9-7-6-8-10-24)38-18-28(36)32-27-16-13-23(31)17-26(27)20(3)4/h6-17,19-21H,18H2,1-5H3,(H,32,36). The lowest BCUT2D eigenvalue weighted by atomic mass is 10.0. The summed E-state index contributed by atoms with van der Waals surface area (Å²) in [7, 11) is 0. The summed E-state index contributed by atoms with van der Waals surface area (Å²) in [4.78, 5) is 12.9. The van der Waals surface area contributed by atoms with E-state index in [2.05, 4.69) is 71.3 Å². The van der Waals surface area contributed by atoms with Crippen molar-refractivity contribution < 1.29 is 9.53 Å². The van der Waals surface area contributed by atoms with Gasteiger partial charge in [-0.3, -0.25) is 9.36 Å². The van der Waals surface area contributed by atoms with Gasteiger partial charge < -0.3 is 10.1 Å². The van der Waals surface area contributed by atoms with E-state index in [-0.39, 0.29) is 23.7 Å². The van der Waals surface area contributed by atoms with Crippen molar-refractivity contribution in [3.63, 3.8) is 0 Å². The third-order valence-electron chi connectivity index (χ3n) is 6.14. The highest BCUT2D eigenvalue weighted by molar-refractivity contribution is 9.10. The Morgan fingerprint density at radius 2 is 1.66 bits per heavy atom. The SMILES string of the molecule is CC(C)c1ccc(OC(C)c2nnc(SCC(=O)Nc3ccc(Br)cc3C(C)C)n2-c2ccccc2)cc1. The highest BCUT2D eigenvalue weighted by Crippen LogP contribution is 2.30. The average Bonchev–Trinajstić information content (AvgIpc) is 3.33. The third-order valence-corrected chi connectivity index (χ3v) is 7.56. The van der Waals surface area contributed by atoms with Crippen molar-refractivity contribution in [1.29, 1.82) is 0 Å². The molecule has 198 valence electrons. The quantitative estimate of drug-likeness (QED) is 0.188. The number of thioether (sulfide) groups is 1. The largest absolute Gasteiger partial charge is 0.483 e. The number of nitrogens with one attached hydrogen (secondary N) is 1. The molecule has 0 saturated carbocycles. The third kappa shape index (κ3) is 6.85. The zero-order chi connectivity index (χ0) is 27.2. The van der Waals surface area contributed by atoms with Crippen LogP contribution >= 0.6 is 27.7 Å². The molecule has 1 aromatic heterocycles. The van der Waals surface area contributed by atoms with Crippen LogP contribution < -0.4 is 10.1 Å². The van der Waals surface area contributed by atoms with E-state index in [1.165, 1.54) is 17.3 Å². The van der Waals surface area contributed by atoms with E-state index in [0.29, 0.717) is 16.9 Å². The number of halogens is 1. The maximum Gasteiger partial charge on any atom is 0.234 e. The van der Waals surface area contributed by atoms with E-state index in [1.807, 2.05) is 72.2 Å². The normalized spacial score (nSPS) is 12.1. The highest BCUT2D eigenvalue weighted by atomic mass is 79.9. The van der Waals surface area contributed by atoms with Gasteiger partial charge >= 0.3 is 0 Å². The monoisotopic (exact) mass is 592 g/mol. The fraction of sp³-hybridized carbons (Fsp3) is 0.300. The average molecular weight is 594 g/mol. The molecule has 4 rings (SSSR count). The molecule has 0 fully saturated rings. The molecule has 8 heteroatoms. The molecule has 0 spiro atoms. The number of carbonyl (C=O) groups is 1. The van der Waals surface area contributed by atoms with Crippen molar-refractivity contribution in [1.82, 2.24) is 14.8 Å². The molecule has 38 heavy (non-hydrogen) atoms. The molecule has 1 unspecified atom stereocenters. The number of rotatable bonds is 10. The summed E-state index contributed by atoms with van der Waals surface area (Å²) in [6.45, 7) is 10.5. The van der Waals surface area contributed by atoms with Crippen molar-refractivity contribution in [3.05, 3.63) is 94.2 Å². The van der Waals surface area contributed by atoms with Crippen LogP contribution in [0.1, 0.15) is 69.5 Å². The van der Waals surface area contributed by atoms with Gasteiger partial charge in [0.25, 0.3) is 0 Å². The van der Waals surface area contributed by atoms with Gasteiger partial charge in [0.2, 0.25) is 5.91 Å².